The van der Waals surface area contributed by atoms with Crippen molar-refractivity contribution in [2.24, 2.45) is 11.3 Å². The zero-order valence-corrected chi connectivity index (χ0v) is 16.0. The number of nitrogens with one attached hydrogen (secondary N) is 1. The van der Waals surface area contributed by atoms with Crippen LogP contribution >= 0.6 is 12.4 Å². The lowest BCUT2D eigenvalue weighted by Crippen LogP contribution is -2.52. The Morgan fingerprint density at radius 2 is 1.75 bits per heavy atom. The number of likely N-dealkylation sites (tertiary alicyclic amines) is 1. The first kappa shape index (κ1) is 19.5. The van der Waals surface area contributed by atoms with Crippen molar-refractivity contribution in [2.45, 2.75) is 65.0 Å². The second-order valence-electron chi connectivity index (χ2n) is 8.46. The van der Waals surface area contributed by atoms with Crippen LogP contribution in [0.1, 0.15) is 52.9 Å². The van der Waals surface area contributed by atoms with Crippen molar-refractivity contribution in [2.75, 3.05) is 26.2 Å². The highest BCUT2D eigenvalue weighted by Gasteiger charge is 2.42. The van der Waals surface area contributed by atoms with Crippen molar-refractivity contribution in [3.8, 4) is 0 Å². The largest absolute Gasteiger partial charge is 0.341 e. The van der Waals surface area contributed by atoms with Gasteiger partial charge in [-0.1, -0.05) is 20.8 Å². The van der Waals surface area contributed by atoms with Gasteiger partial charge >= 0.3 is 0 Å². The zero-order valence-electron chi connectivity index (χ0n) is 15.2. The fraction of sp³-hybridized carbons (Fsp3) is 0.889. The third-order valence-electron chi connectivity index (χ3n) is 5.61. The summed E-state index contributed by atoms with van der Waals surface area (Å²) in [7, 11) is 0. The molecule has 0 aromatic rings. The standard InChI is InChI=1S/C18H31N3O2.ClH/c1-18(2,3)17(23)20-10-4-5-13(12-20)16(22)21-14-6-7-15(21)11-19-9-8-14;/h13-15,19H,4-12H2,1-3H3;1H. The summed E-state index contributed by atoms with van der Waals surface area (Å²) in [6.07, 6.45) is 5.21. The van der Waals surface area contributed by atoms with Crippen molar-refractivity contribution in [3.63, 3.8) is 0 Å². The average molecular weight is 358 g/mol. The van der Waals surface area contributed by atoms with Crippen LogP contribution in [0.25, 0.3) is 0 Å². The number of halogens is 1. The van der Waals surface area contributed by atoms with E-state index in [0.717, 1.165) is 51.7 Å². The molecule has 1 N–H and O–H groups in total. The fourth-order valence-corrected chi connectivity index (χ4v) is 4.39. The molecular formula is C18H32ClN3O2. The highest BCUT2D eigenvalue weighted by atomic mass is 35.5. The molecule has 138 valence electrons. The van der Waals surface area contributed by atoms with Crippen LogP contribution in [0.3, 0.4) is 0 Å². The molecule has 2 amide bonds. The molecule has 0 aromatic heterocycles. The third kappa shape index (κ3) is 3.88. The number of hydrogen-bond donors (Lipinski definition) is 1. The summed E-state index contributed by atoms with van der Waals surface area (Å²) in [4.78, 5) is 29.8. The topological polar surface area (TPSA) is 52.7 Å². The van der Waals surface area contributed by atoms with E-state index in [1.165, 1.54) is 0 Å². The molecule has 3 unspecified atom stereocenters. The Labute approximate surface area is 151 Å². The van der Waals surface area contributed by atoms with Gasteiger partial charge in [-0.3, -0.25) is 9.59 Å². The monoisotopic (exact) mass is 357 g/mol. The van der Waals surface area contributed by atoms with Crippen LogP contribution in [0.5, 0.6) is 0 Å². The second kappa shape index (κ2) is 7.61. The van der Waals surface area contributed by atoms with E-state index in [9.17, 15) is 9.59 Å². The molecule has 2 bridgehead atoms. The summed E-state index contributed by atoms with van der Waals surface area (Å²) in [5, 5.41) is 3.45. The molecule has 3 rings (SSSR count). The number of carbonyl (C=O) groups excluding carboxylic acids is 2. The van der Waals surface area contributed by atoms with E-state index in [2.05, 4.69) is 10.2 Å². The highest BCUT2D eigenvalue weighted by Crippen LogP contribution is 2.32. The number of amides is 2. The Morgan fingerprint density at radius 3 is 2.46 bits per heavy atom. The van der Waals surface area contributed by atoms with Crippen LogP contribution < -0.4 is 5.32 Å². The van der Waals surface area contributed by atoms with E-state index in [1.807, 2.05) is 25.7 Å². The molecule has 24 heavy (non-hydrogen) atoms. The molecule has 3 atom stereocenters. The molecule has 3 fully saturated rings. The van der Waals surface area contributed by atoms with Crippen molar-refractivity contribution < 1.29 is 9.59 Å². The predicted octanol–water partition coefficient (Wildman–Crippen LogP) is 2.05. The van der Waals surface area contributed by atoms with Gasteiger partial charge in [-0.15, -0.1) is 12.4 Å². The van der Waals surface area contributed by atoms with Crippen LogP contribution in [0.15, 0.2) is 0 Å². The van der Waals surface area contributed by atoms with E-state index < -0.39 is 0 Å². The van der Waals surface area contributed by atoms with Crippen LogP contribution in [0.4, 0.5) is 0 Å². The first-order chi connectivity index (χ1) is 10.9. The number of rotatable bonds is 1. The molecule has 3 heterocycles. The van der Waals surface area contributed by atoms with Crippen LogP contribution in [0.2, 0.25) is 0 Å². The Hall–Kier alpha value is -0.810. The lowest BCUT2D eigenvalue weighted by atomic mass is 9.90. The van der Waals surface area contributed by atoms with Gasteiger partial charge in [0.05, 0.1) is 5.92 Å². The molecule has 3 saturated heterocycles. The fourth-order valence-electron chi connectivity index (χ4n) is 4.39. The first-order valence-electron chi connectivity index (χ1n) is 9.20. The Bertz CT molecular complexity index is 463. The third-order valence-corrected chi connectivity index (χ3v) is 5.61. The number of hydrogen-bond acceptors (Lipinski definition) is 3. The quantitative estimate of drug-likeness (QED) is 0.781. The predicted molar refractivity (Wildman–Crippen MR) is 97.1 cm³/mol. The van der Waals surface area contributed by atoms with E-state index >= 15 is 0 Å². The smallest absolute Gasteiger partial charge is 0.228 e. The lowest BCUT2D eigenvalue weighted by molar-refractivity contribution is -0.146. The van der Waals surface area contributed by atoms with E-state index in [4.69, 9.17) is 0 Å². The number of nitrogens with zero attached hydrogens (tertiary/aromatic N) is 2. The van der Waals surface area contributed by atoms with Crippen LogP contribution in [-0.4, -0.2) is 59.9 Å². The van der Waals surface area contributed by atoms with Crippen molar-refractivity contribution in [1.29, 1.82) is 0 Å². The van der Waals surface area contributed by atoms with Gasteiger partial charge in [0.1, 0.15) is 0 Å². The SMILES string of the molecule is CC(C)(C)C(=O)N1CCCC(C(=O)N2C3CCNCC2CC3)C1.Cl. The molecule has 3 aliphatic rings. The van der Waals surface area contributed by atoms with Gasteiger partial charge < -0.3 is 15.1 Å². The molecule has 6 heteroatoms. The number of fused-ring (bicyclic) bond motifs is 2. The lowest BCUT2D eigenvalue weighted by Gasteiger charge is -2.39. The molecule has 3 aliphatic heterocycles. The summed E-state index contributed by atoms with van der Waals surface area (Å²) in [6, 6.07) is 0.778. The van der Waals surface area contributed by atoms with Crippen LogP contribution in [0, 0.1) is 11.3 Å². The summed E-state index contributed by atoms with van der Waals surface area (Å²) >= 11 is 0. The van der Waals surface area contributed by atoms with Gasteiger partial charge in [0, 0.05) is 37.1 Å². The van der Waals surface area contributed by atoms with Crippen molar-refractivity contribution in [1.82, 2.24) is 15.1 Å². The number of carbonyl (C=O) groups is 2. The average Bonchev–Trinajstić information content (AvgIpc) is 2.78. The maximum absolute atomic E-state index is 13.1. The van der Waals surface area contributed by atoms with Crippen LogP contribution in [-0.2, 0) is 9.59 Å². The maximum Gasteiger partial charge on any atom is 0.228 e. The maximum atomic E-state index is 13.1. The summed E-state index contributed by atoms with van der Waals surface area (Å²) in [5.41, 5.74) is -0.365. The Morgan fingerprint density at radius 1 is 1.04 bits per heavy atom. The zero-order chi connectivity index (χ0) is 16.6. The van der Waals surface area contributed by atoms with E-state index in [1.54, 1.807) is 0 Å². The van der Waals surface area contributed by atoms with Gasteiger partial charge in [0.15, 0.2) is 0 Å². The molecule has 5 nitrogen and oxygen atoms in total. The van der Waals surface area contributed by atoms with Gasteiger partial charge in [0.2, 0.25) is 11.8 Å². The van der Waals surface area contributed by atoms with Crippen molar-refractivity contribution in [3.05, 3.63) is 0 Å². The Balaban J connectivity index is 0.00000208. The summed E-state index contributed by atoms with van der Waals surface area (Å²) < 4.78 is 0. The minimum atomic E-state index is -0.365. The minimum Gasteiger partial charge on any atom is -0.341 e. The molecule has 0 radical (unpaired) electrons. The van der Waals surface area contributed by atoms with Crippen molar-refractivity contribution >= 4 is 24.2 Å². The van der Waals surface area contributed by atoms with Gasteiger partial charge in [-0.2, -0.15) is 0 Å². The Kier molecular flexibility index (Phi) is 6.19. The normalized spacial score (nSPS) is 30.5. The molecule has 0 aromatic carbocycles. The molecule has 0 saturated carbocycles. The van der Waals surface area contributed by atoms with E-state index in [0.29, 0.717) is 24.5 Å². The van der Waals surface area contributed by atoms with Gasteiger partial charge in [0.25, 0.3) is 0 Å². The van der Waals surface area contributed by atoms with E-state index in [-0.39, 0.29) is 29.6 Å². The number of piperidine rings is 1. The minimum absolute atomic E-state index is 0. The first-order valence-corrected chi connectivity index (χ1v) is 9.20. The summed E-state index contributed by atoms with van der Waals surface area (Å²) in [5.74, 6) is 0.472. The highest BCUT2D eigenvalue weighted by molar-refractivity contribution is 5.85. The molecular weight excluding hydrogens is 326 g/mol. The molecule has 0 aliphatic carbocycles. The van der Waals surface area contributed by atoms with Gasteiger partial charge in [-0.05, 0) is 38.6 Å². The summed E-state index contributed by atoms with van der Waals surface area (Å²) in [6.45, 7) is 9.24. The second-order valence-corrected chi connectivity index (χ2v) is 8.46. The molecule has 0 spiro atoms. The van der Waals surface area contributed by atoms with Gasteiger partial charge in [-0.25, -0.2) is 0 Å².